The molecule has 0 fully saturated rings. The maximum atomic E-state index is 2.65. The van der Waals surface area contributed by atoms with E-state index in [1.165, 1.54) is 82.8 Å². The van der Waals surface area contributed by atoms with Crippen molar-refractivity contribution < 1.29 is 0 Å². The Bertz CT molecular complexity index is 2390. The average molecular weight is 584 g/mol. The van der Waals surface area contributed by atoms with Gasteiger partial charge in [0.1, 0.15) is 0 Å². The summed E-state index contributed by atoms with van der Waals surface area (Å²) >= 11 is 0. The Labute approximate surface area is 269 Å². The van der Waals surface area contributed by atoms with Crippen molar-refractivity contribution in [1.82, 2.24) is 4.48 Å². The molecule has 2 aliphatic rings. The molecule has 1 atom stereocenters. The minimum Gasteiger partial charge on any atom is -0.376 e. The van der Waals surface area contributed by atoms with E-state index in [2.05, 4.69) is 175 Å². The van der Waals surface area contributed by atoms with Crippen LogP contribution in [0, 0.1) is 0 Å². The molecule has 0 saturated heterocycles. The molecule has 214 valence electrons. The Morgan fingerprint density at radius 1 is 0.435 bits per heavy atom. The molecule has 1 aromatic heterocycles. The molecular weight excluding hydrogens is 553 g/mol. The van der Waals surface area contributed by atoms with Gasteiger partial charge in [-0.3, -0.25) is 0 Å². The quantitative estimate of drug-likeness (QED) is 0.183. The van der Waals surface area contributed by atoms with Crippen LogP contribution >= 0.6 is 0 Å². The van der Waals surface area contributed by atoms with Gasteiger partial charge in [0, 0.05) is 27.2 Å². The van der Waals surface area contributed by atoms with Crippen LogP contribution in [0.5, 0.6) is 0 Å². The second-order valence-corrected chi connectivity index (χ2v) is 13.0. The molecule has 2 heterocycles. The zero-order valence-corrected chi connectivity index (χ0v) is 25.6. The van der Waals surface area contributed by atoms with Crippen LogP contribution in [0.25, 0.3) is 55.2 Å². The first-order chi connectivity index (χ1) is 22.7. The predicted octanol–water partition coefficient (Wildman–Crippen LogP) is 9.43. The number of hydrogen-bond donors (Lipinski definition) is 0. The van der Waals surface area contributed by atoms with Crippen LogP contribution in [0.1, 0.15) is 23.6 Å². The molecule has 0 bridgehead atoms. The van der Waals surface area contributed by atoms with E-state index in [1.54, 1.807) is 0 Å². The van der Waals surface area contributed by atoms with Crippen LogP contribution in [-0.4, -0.2) is 11.3 Å². The van der Waals surface area contributed by atoms with Crippen molar-refractivity contribution in [2.75, 3.05) is 0 Å². The third-order valence-electron chi connectivity index (χ3n) is 10.7. The van der Waals surface area contributed by atoms with Crippen LogP contribution in [0.15, 0.2) is 164 Å². The number of nitrogens with zero attached hydrogens (tertiary/aromatic N) is 1. The van der Waals surface area contributed by atoms with E-state index in [9.17, 15) is 0 Å². The first-order valence-electron chi connectivity index (χ1n) is 16.2. The van der Waals surface area contributed by atoms with Crippen LogP contribution < -0.4 is 10.9 Å². The lowest BCUT2D eigenvalue weighted by Crippen LogP contribution is -2.58. The molecule has 0 saturated carbocycles. The summed E-state index contributed by atoms with van der Waals surface area (Å²) in [6, 6.07) is 60.9. The van der Waals surface area contributed by atoms with Gasteiger partial charge in [-0.25, -0.2) is 0 Å². The normalized spacial score (nSPS) is 16.0. The first kappa shape index (κ1) is 25.7. The molecule has 0 N–H and O–H groups in total. The zero-order chi connectivity index (χ0) is 30.4. The zero-order valence-electron chi connectivity index (χ0n) is 25.6. The molecule has 0 spiro atoms. The van der Waals surface area contributed by atoms with Gasteiger partial charge < -0.3 is 4.48 Å². The van der Waals surface area contributed by atoms with Gasteiger partial charge in [-0.2, -0.15) is 0 Å². The number of aromatic nitrogens is 1. The average Bonchev–Trinajstić information content (AvgIpc) is 3.59. The minimum absolute atomic E-state index is 0.0191. The van der Waals surface area contributed by atoms with E-state index in [4.69, 9.17) is 0 Å². The summed E-state index contributed by atoms with van der Waals surface area (Å²) < 4.78 is 2.65. The van der Waals surface area contributed by atoms with Crippen molar-refractivity contribution in [3.63, 3.8) is 0 Å². The molecule has 0 amide bonds. The van der Waals surface area contributed by atoms with Crippen molar-refractivity contribution in [3.8, 4) is 33.4 Å². The van der Waals surface area contributed by atoms with Crippen molar-refractivity contribution in [2.24, 2.45) is 0 Å². The summed E-state index contributed by atoms with van der Waals surface area (Å²) in [5.74, 6) is 0. The van der Waals surface area contributed by atoms with Gasteiger partial charge in [0.2, 0.25) is 0 Å². The molecule has 8 aromatic rings. The maximum Gasteiger partial charge on any atom is 0.328 e. The maximum absolute atomic E-state index is 2.65. The number of benzene rings is 7. The standard InChI is InChI=1S/C44H30BN/c1-44-37-19-9-8-17-33(37)36-18-12-22-40(43(36)44)45(39-21-11-10-20-38(39)44)46-41-27-31(29-13-4-2-5-14-29)23-25-34(41)35-26-24-32(28-42(35)46)30-15-6-3-7-16-30/h2-28H,1H3. The van der Waals surface area contributed by atoms with Crippen LogP contribution in [-0.2, 0) is 5.41 Å². The molecule has 2 heteroatoms. The monoisotopic (exact) mass is 583 g/mol. The molecule has 46 heavy (non-hydrogen) atoms. The Kier molecular flexibility index (Phi) is 5.28. The Morgan fingerprint density at radius 2 is 0.957 bits per heavy atom. The molecule has 10 rings (SSSR count). The highest BCUT2D eigenvalue weighted by Crippen LogP contribution is 2.53. The molecule has 0 radical (unpaired) electrons. The van der Waals surface area contributed by atoms with Gasteiger partial charge in [-0.05, 0) is 80.1 Å². The Morgan fingerprint density at radius 3 is 1.61 bits per heavy atom. The van der Waals surface area contributed by atoms with Crippen molar-refractivity contribution in [2.45, 2.75) is 12.3 Å². The minimum atomic E-state index is -0.210. The predicted molar refractivity (Wildman–Crippen MR) is 195 cm³/mol. The fourth-order valence-corrected chi connectivity index (χ4v) is 8.73. The number of rotatable bonds is 3. The number of fused-ring (bicyclic) bond motifs is 8. The van der Waals surface area contributed by atoms with Gasteiger partial charge >= 0.3 is 6.85 Å². The van der Waals surface area contributed by atoms with Gasteiger partial charge in [0.25, 0.3) is 0 Å². The fraction of sp³-hybridized carbons (Fsp3) is 0.0455. The molecule has 7 aromatic carbocycles. The lowest BCUT2D eigenvalue weighted by Gasteiger charge is -2.39. The Balaban J connectivity index is 1.34. The summed E-state index contributed by atoms with van der Waals surface area (Å²) in [4.78, 5) is 0. The van der Waals surface area contributed by atoms with Crippen LogP contribution in [0.2, 0.25) is 0 Å². The summed E-state index contributed by atoms with van der Waals surface area (Å²) in [6.45, 7) is 2.47. The SMILES string of the molecule is CC12c3ccccc3B(n3c4cc(-c5ccccc5)ccc4c4ccc(-c5ccccc5)cc43)c3cccc(c31)-c1ccccc12. The van der Waals surface area contributed by atoms with Gasteiger partial charge in [-0.1, -0.05) is 152 Å². The third-order valence-corrected chi connectivity index (χ3v) is 10.7. The van der Waals surface area contributed by atoms with Crippen molar-refractivity contribution >= 4 is 39.6 Å². The first-order valence-corrected chi connectivity index (χ1v) is 16.2. The molecule has 1 aliphatic carbocycles. The summed E-state index contributed by atoms with van der Waals surface area (Å²) in [5, 5.41) is 2.58. The summed E-state index contributed by atoms with van der Waals surface area (Å²) in [6.07, 6.45) is 0. The van der Waals surface area contributed by atoms with E-state index in [1.807, 2.05) is 0 Å². The number of hydrogen-bond acceptors (Lipinski definition) is 0. The smallest absolute Gasteiger partial charge is 0.328 e. The van der Waals surface area contributed by atoms with E-state index >= 15 is 0 Å². The second-order valence-electron chi connectivity index (χ2n) is 13.0. The van der Waals surface area contributed by atoms with Gasteiger partial charge in [-0.15, -0.1) is 0 Å². The molecular formula is C44H30BN. The highest BCUT2D eigenvalue weighted by molar-refractivity contribution is 6.86. The van der Waals surface area contributed by atoms with Crippen LogP contribution in [0.3, 0.4) is 0 Å². The van der Waals surface area contributed by atoms with Gasteiger partial charge in [0.05, 0.1) is 0 Å². The topological polar surface area (TPSA) is 4.93 Å². The summed E-state index contributed by atoms with van der Waals surface area (Å²) in [7, 11) is 0. The molecule has 1 aliphatic heterocycles. The van der Waals surface area contributed by atoms with Crippen LogP contribution in [0.4, 0.5) is 0 Å². The van der Waals surface area contributed by atoms with E-state index in [0.29, 0.717) is 0 Å². The summed E-state index contributed by atoms with van der Waals surface area (Å²) in [5.41, 5.74) is 17.0. The third kappa shape index (κ3) is 3.36. The lowest BCUT2D eigenvalue weighted by molar-refractivity contribution is 0.718. The van der Waals surface area contributed by atoms with Gasteiger partial charge in [0.15, 0.2) is 0 Å². The van der Waals surface area contributed by atoms with E-state index in [-0.39, 0.29) is 12.3 Å². The highest BCUT2D eigenvalue weighted by atomic mass is 14.9. The largest absolute Gasteiger partial charge is 0.376 e. The van der Waals surface area contributed by atoms with Crippen molar-refractivity contribution in [1.29, 1.82) is 0 Å². The van der Waals surface area contributed by atoms with Crippen molar-refractivity contribution in [3.05, 3.63) is 180 Å². The fourth-order valence-electron chi connectivity index (χ4n) is 8.73. The Hall–Kier alpha value is -5.60. The molecule has 1 nitrogen and oxygen atoms in total. The van der Waals surface area contributed by atoms with E-state index < -0.39 is 0 Å². The second kappa shape index (κ2) is 9.45. The highest BCUT2D eigenvalue weighted by Gasteiger charge is 2.50. The lowest BCUT2D eigenvalue weighted by atomic mass is 9.41. The molecule has 1 unspecified atom stereocenters. The van der Waals surface area contributed by atoms with E-state index in [0.717, 1.165) is 0 Å².